The molecule has 0 amide bonds. The first-order valence-electron chi connectivity index (χ1n) is 17.6. The molecular formula is C49H30N2. The van der Waals surface area contributed by atoms with E-state index in [1.165, 1.54) is 88.1 Å². The number of pyridine rings is 1. The van der Waals surface area contributed by atoms with Crippen molar-refractivity contribution in [3.8, 4) is 61.3 Å². The molecule has 1 aliphatic rings. The van der Waals surface area contributed by atoms with Crippen LogP contribution >= 0.6 is 0 Å². The molecule has 51 heavy (non-hydrogen) atoms. The van der Waals surface area contributed by atoms with Crippen molar-refractivity contribution < 1.29 is 0 Å². The van der Waals surface area contributed by atoms with E-state index in [0.29, 0.717) is 0 Å². The third-order valence-corrected chi connectivity index (χ3v) is 10.8. The Hall–Kier alpha value is -6.77. The van der Waals surface area contributed by atoms with E-state index < -0.39 is 0 Å². The molecule has 0 fully saturated rings. The van der Waals surface area contributed by atoms with Gasteiger partial charge in [-0.25, -0.2) is 0 Å². The standard InChI is InChI=1S/C49H30N2/c1-3-13-31(14-4-1)45-38-20-7-8-21-39(38)46(32-15-5-2-6-16-32)49-41-26-25-35(37-22-12-23-40(47(37)41)48(45)49)33-17-11-18-34(29-33)51-43-24-10-9-19-36(43)42-30-50-28-27-44(42)51/h1-30H. The Morgan fingerprint density at radius 1 is 0.353 bits per heavy atom. The molecule has 0 saturated heterocycles. The van der Waals surface area contributed by atoms with Crippen molar-refractivity contribution in [2.75, 3.05) is 0 Å². The maximum absolute atomic E-state index is 4.46. The molecule has 10 aromatic rings. The minimum Gasteiger partial charge on any atom is -0.309 e. The maximum atomic E-state index is 4.46. The Bertz CT molecular complexity index is 2860. The van der Waals surface area contributed by atoms with Gasteiger partial charge in [-0.3, -0.25) is 4.98 Å². The van der Waals surface area contributed by atoms with E-state index in [1.54, 1.807) is 0 Å². The lowest BCUT2D eigenvalue weighted by Crippen LogP contribution is -1.94. The quantitative estimate of drug-likeness (QED) is 0.186. The molecule has 2 heterocycles. The number of para-hydroxylation sites is 1. The molecule has 0 radical (unpaired) electrons. The molecule has 2 aromatic heterocycles. The molecule has 2 heteroatoms. The van der Waals surface area contributed by atoms with Crippen LogP contribution in [0.25, 0.3) is 105 Å². The normalized spacial score (nSPS) is 11.9. The van der Waals surface area contributed by atoms with Crippen LogP contribution in [-0.4, -0.2) is 9.55 Å². The molecule has 0 atom stereocenters. The fourth-order valence-electron chi connectivity index (χ4n) is 8.77. The minimum atomic E-state index is 1.14. The molecule has 0 N–H and O–H groups in total. The van der Waals surface area contributed by atoms with Crippen molar-refractivity contribution >= 4 is 43.4 Å². The summed E-state index contributed by atoms with van der Waals surface area (Å²) in [6.07, 6.45) is 3.87. The topological polar surface area (TPSA) is 17.8 Å². The van der Waals surface area contributed by atoms with Crippen molar-refractivity contribution in [2.45, 2.75) is 0 Å². The second kappa shape index (κ2) is 10.9. The van der Waals surface area contributed by atoms with Crippen LogP contribution in [0.2, 0.25) is 0 Å². The van der Waals surface area contributed by atoms with Crippen molar-refractivity contribution in [3.63, 3.8) is 0 Å². The molecule has 0 unspecified atom stereocenters. The molecule has 8 aromatic carbocycles. The van der Waals surface area contributed by atoms with Crippen LogP contribution in [0.1, 0.15) is 0 Å². The van der Waals surface area contributed by atoms with Crippen LogP contribution < -0.4 is 0 Å². The lowest BCUT2D eigenvalue weighted by atomic mass is 9.82. The number of nitrogens with zero attached hydrogens (tertiary/aromatic N) is 2. The van der Waals surface area contributed by atoms with Gasteiger partial charge in [0.1, 0.15) is 0 Å². The summed E-state index contributed by atoms with van der Waals surface area (Å²) in [5.41, 5.74) is 16.2. The van der Waals surface area contributed by atoms with Gasteiger partial charge in [-0.2, -0.15) is 0 Å². The van der Waals surface area contributed by atoms with E-state index >= 15 is 0 Å². The number of fused-ring (bicyclic) bond motifs is 7. The number of benzene rings is 8. The van der Waals surface area contributed by atoms with Crippen molar-refractivity contribution in [2.24, 2.45) is 0 Å². The Balaban J connectivity index is 1.20. The molecule has 11 rings (SSSR count). The summed E-state index contributed by atoms with van der Waals surface area (Å²) in [4.78, 5) is 4.46. The third kappa shape index (κ3) is 4.02. The van der Waals surface area contributed by atoms with E-state index in [9.17, 15) is 0 Å². The zero-order chi connectivity index (χ0) is 33.5. The van der Waals surface area contributed by atoms with E-state index in [1.807, 2.05) is 12.4 Å². The van der Waals surface area contributed by atoms with E-state index in [-0.39, 0.29) is 0 Å². The van der Waals surface area contributed by atoms with E-state index in [0.717, 1.165) is 16.6 Å². The molecule has 2 nitrogen and oxygen atoms in total. The second-order valence-corrected chi connectivity index (χ2v) is 13.5. The SMILES string of the molecule is c1ccc(-c2c3c(c(-c4ccccc4)c4ccccc24)-c2ccc(-c4cccc(-n5c6ccccc6c6cnccc65)c4)c4cccc-3c24)cc1. The summed E-state index contributed by atoms with van der Waals surface area (Å²) in [7, 11) is 0. The van der Waals surface area contributed by atoms with Gasteiger partial charge in [0.2, 0.25) is 0 Å². The first kappa shape index (κ1) is 28.1. The highest BCUT2D eigenvalue weighted by atomic mass is 15.0. The summed E-state index contributed by atoms with van der Waals surface area (Å²) in [6.45, 7) is 0. The minimum absolute atomic E-state index is 1.14. The highest BCUT2D eigenvalue weighted by Gasteiger charge is 2.31. The second-order valence-electron chi connectivity index (χ2n) is 13.5. The monoisotopic (exact) mass is 646 g/mol. The molecule has 236 valence electrons. The average Bonchev–Trinajstić information content (AvgIpc) is 3.72. The number of hydrogen-bond acceptors (Lipinski definition) is 1. The van der Waals surface area contributed by atoms with Gasteiger partial charge in [-0.1, -0.05) is 146 Å². The highest BCUT2D eigenvalue weighted by molar-refractivity contribution is 6.28. The zero-order valence-electron chi connectivity index (χ0n) is 27.7. The van der Waals surface area contributed by atoms with Gasteiger partial charge in [0.15, 0.2) is 0 Å². The Morgan fingerprint density at radius 3 is 1.63 bits per heavy atom. The maximum Gasteiger partial charge on any atom is 0.0571 e. The summed E-state index contributed by atoms with van der Waals surface area (Å²) in [5.74, 6) is 0. The van der Waals surface area contributed by atoms with Crippen LogP contribution in [0, 0.1) is 0 Å². The van der Waals surface area contributed by atoms with Gasteiger partial charge in [0.25, 0.3) is 0 Å². The fraction of sp³-hybridized carbons (Fsp3) is 0. The number of hydrogen-bond donors (Lipinski definition) is 0. The first-order chi connectivity index (χ1) is 25.3. The Kier molecular flexibility index (Phi) is 5.99. The largest absolute Gasteiger partial charge is 0.309 e. The van der Waals surface area contributed by atoms with E-state index in [2.05, 4.69) is 179 Å². The van der Waals surface area contributed by atoms with Crippen LogP contribution in [0.4, 0.5) is 0 Å². The number of rotatable bonds is 4. The van der Waals surface area contributed by atoms with Crippen LogP contribution in [-0.2, 0) is 0 Å². The highest BCUT2D eigenvalue weighted by Crippen LogP contribution is 2.58. The van der Waals surface area contributed by atoms with Gasteiger partial charge < -0.3 is 4.57 Å². The average molecular weight is 647 g/mol. The van der Waals surface area contributed by atoms with Gasteiger partial charge >= 0.3 is 0 Å². The lowest BCUT2D eigenvalue weighted by Gasteiger charge is -2.20. The molecule has 0 aliphatic heterocycles. The van der Waals surface area contributed by atoms with Gasteiger partial charge in [0, 0.05) is 28.9 Å². The van der Waals surface area contributed by atoms with Crippen LogP contribution in [0.15, 0.2) is 182 Å². The van der Waals surface area contributed by atoms with Crippen molar-refractivity contribution in [3.05, 3.63) is 182 Å². The van der Waals surface area contributed by atoms with E-state index in [4.69, 9.17) is 0 Å². The number of aromatic nitrogens is 2. The smallest absolute Gasteiger partial charge is 0.0571 e. The third-order valence-electron chi connectivity index (χ3n) is 10.8. The Labute approximate surface area is 295 Å². The zero-order valence-corrected chi connectivity index (χ0v) is 27.7. The molecule has 0 saturated carbocycles. The molecular weight excluding hydrogens is 617 g/mol. The van der Waals surface area contributed by atoms with Gasteiger partial charge in [-0.15, -0.1) is 0 Å². The summed E-state index contributed by atoms with van der Waals surface area (Å²) in [6, 6.07) is 62.2. The van der Waals surface area contributed by atoms with Crippen LogP contribution in [0.3, 0.4) is 0 Å². The fourth-order valence-corrected chi connectivity index (χ4v) is 8.77. The molecule has 1 aliphatic carbocycles. The summed E-state index contributed by atoms with van der Waals surface area (Å²) in [5, 5.41) is 7.53. The van der Waals surface area contributed by atoms with Crippen molar-refractivity contribution in [1.29, 1.82) is 0 Å². The Morgan fingerprint density at radius 2 is 0.902 bits per heavy atom. The van der Waals surface area contributed by atoms with Crippen LogP contribution in [0.5, 0.6) is 0 Å². The van der Waals surface area contributed by atoms with Gasteiger partial charge in [0.05, 0.1) is 11.0 Å². The predicted molar refractivity (Wildman–Crippen MR) is 214 cm³/mol. The summed E-state index contributed by atoms with van der Waals surface area (Å²) >= 11 is 0. The predicted octanol–water partition coefficient (Wildman–Crippen LogP) is 13.1. The first-order valence-corrected chi connectivity index (χ1v) is 17.6. The van der Waals surface area contributed by atoms with Gasteiger partial charge in [-0.05, 0) is 101 Å². The molecule has 0 bridgehead atoms. The molecule has 0 spiro atoms. The summed E-state index contributed by atoms with van der Waals surface area (Å²) < 4.78 is 2.37. The van der Waals surface area contributed by atoms with Crippen molar-refractivity contribution in [1.82, 2.24) is 9.55 Å². The lowest BCUT2D eigenvalue weighted by molar-refractivity contribution is 1.17.